The summed E-state index contributed by atoms with van der Waals surface area (Å²) in [6.45, 7) is 5.91. The molecule has 4 heteroatoms. The maximum atomic E-state index is 7.29. The number of nitrogens with two attached hydrogens (primary N) is 1. The Morgan fingerprint density at radius 3 is 2.50 bits per heavy atom. The maximum Gasteiger partial charge on any atom is 0.0918 e. The molecule has 0 unspecified atom stereocenters. The van der Waals surface area contributed by atoms with Crippen LogP contribution in [0.15, 0.2) is 0 Å². The molecule has 0 spiro atoms. The summed E-state index contributed by atoms with van der Waals surface area (Å²) in [4.78, 5) is 5.09. The van der Waals surface area contributed by atoms with Crippen LogP contribution in [0.2, 0.25) is 0 Å². The molecule has 4 nitrogen and oxygen atoms in total. The Hall–Kier alpha value is -0.610. The molecule has 0 aromatic heterocycles. The number of hydrogen-bond donors (Lipinski definition) is 2. The zero-order valence-corrected chi connectivity index (χ0v) is 10.1. The van der Waals surface area contributed by atoms with Crippen LogP contribution in [0.1, 0.15) is 32.1 Å². The van der Waals surface area contributed by atoms with Gasteiger partial charge in [0.2, 0.25) is 0 Å². The van der Waals surface area contributed by atoms with Gasteiger partial charge >= 0.3 is 0 Å². The highest BCUT2D eigenvalue weighted by Gasteiger charge is 2.28. The number of hydrogen-bond acceptors (Lipinski definition) is 3. The van der Waals surface area contributed by atoms with Gasteiger partial charge in [-0.1, -0.05) is 0 Å². The zero-order chi connectivity index (χ0) is 11.4. The van der Waals surface area contributed by atoms with E-state index in [1.54, 1.807) is 0 Å². The summed E-state index contributed by atoms with van der Waals surface area (Å²) in [7, 11) is 0. The second-order valence-corrected chi connectivity index (χ2v) is 5.09. The largest absolute Gasteiger partial charge is 0.388 e. The average Bonchev–Trinajstić information content (AvgIpc) is 2.95. The van der Waals surface area contributed by atoms with E-state index in [4.69, 9.17) is 11.1 Å². The van der Waals surface area contributed by atoms with E-state index in [2.05, 4.69) is 9.80 Å². The van der Waals surface area contributed by atoms with Crippen molar-refractivity contribution in [2.45, 2.75) is 38.1 Å². The van der Waals surface area contributed by atoms with Gasteiger partial charge in [0.25, 0.3) is 0 Å². The Labute approximate surface area is 98.3 Å². The van der Waals surface area contributed by atoms with E-state index in [1.165, 1.54) is 45.3 Å². The summed E-state index contributed by atoms with van der Waals surface area (Å²) in [5.41, 5.74) is 5.43. The molecule has 1 saturated carbocycles. The summed E-state index contributed by atoms with van der Waals surface area (Å²) in [6.07, 6.45) is 6.17. The molecule has 16 heavy (non-hydrogen) atoms. The van der Waals surface area contributed by atoms with Crippen molar-refractivity contribution in [2.75, 3.05) is 32.7 Å². The minimum atomic E-state index is 0.326. The summed E-state index contributed by atoms with van der Waals surface area (Å²) in [5.74, 6) is 0.326. The van der Waals surface area contributed by atoms with E-state index in [0.29, 0.717) is 5.84 Å². The predicted molar refractivity (Wildman–Crippen MR) is 66.8 cm³/mol. The lowest BCUT2D eigenvalue weighted by atomic mass is 10.3. The molecule has 0 amide bonds. The molecule has 1 aliphatic carbocycles. The average molecular weight is 224 g/mol. The molecule has 1 heterocycles. The molecule has 0 aromatic carbocycles. The van der Waals surface area contributed by atoms with Gasteiger partial charge in [-0.25, -0.2) is 0 Å². The fourth-order valence-corrected chi connectivity index (χ4v) is 2.46. The van der Waals surface area contributed by atoms with Crippen LogP contribution in [-0.4, -0.2) is 54.4 Å². The van der Waals surface area contributed by atoms with Crippen molar-refractivity contribution < 1.29 is 0 Å². The number of likely N-dealkylation sites (tertiary alicyclic amines) is 1. The van der Waals surface area contributed by atoms with E-state index in [9.17, 15) is 0 Å². The highest BCUT2D eigenvalue weighted by atomic mass is 15.2. The lowest BCUT2D eigenvalue weighted by Crippen LogP contribution is -2.37. The van der Waals surface area contributed by atoms with Crippen molar-refractivity contribution in [1.29, 1.82) is 5.41 Å². The number of nitrogens with one attached hydrogen (secondary N) is 1. The van der Waals surface area contributed by atoms with Crippen LogP contribution in [0.25, 0.3) is 0 Å². The molecule has 0 aromatic rings. The van der Waals surface area contributed by atoms with Crippen molar-refractivity contribution >= 4 is 5.84 Å². The molecule has 0 radical (unpaired) electrons. The van der Waals surface area contributed by atoms with Gasteiger partial charge in [0.1, 0.15) is 0 Å². The summed E-state index contributed by atoms with van der Waals surface area (Å²) < 4.78 is 0. The van der Waals surface area contributed by atoms with Crippen LogP contribution in [0.5, 0.6) is 0 Å². The lowest BCUT2D eigenvalue weighted by Gasteiger charge is -2.24. The third kappa shape index (κ3) is 3.76. The number of amidine groups is 1. The number of rotatable bonds is 7. The Morgan fingerprint density at radius 2 is 1.94 bits per heavy atom. The van der Waals surface area contributed by atoms with Crippen molar-refractivity contribution in [3.05, 3.63) is 0 Å². The minimum Gasteiger partial charge on any atom is -0.388 e. The number of nitrogens with zero attached hydrogens (tertiary/aromatic N) is 2. The van der Waals surface area contributed by atoms with E-state index in [0.717, 1.165) is 25.6 Å². The SMILES string of the molecule is N=C(N)CCN(CCN1CCCC1)C1CC1. The monoisotopic (exact) mass is 224 g/mol. The fraction of sp³-hybridized carbons (Fsp3) is 0.917. The third-order valence-electron chi connectivity index (χ3n) is 3.63. The fourth-order valence-electron chi connectivity index (χ4n) is 2.46. The maximum absolute atomic E-state index is 7.29. The van der Waals surface area contributed by atoms with Crippen LogP contribution in [0.4, 0.5) is 0 Å². The summed E-state index contributed by atoms with van der Waals surface area (Å²) in [5, 5.41) is 7.29. The van der Waals surface area contributed by atoms with Crippen LogP contribution < -0.4 is 5.73 Å². The van der Waals surface area contributed by atoms with Gasteiger partial charge in [-0.05, 0) is 38.8 Å². The Morgan fingerprint density at radius 1 is 1.25 bits per heavy atom. The topological polar surface area (TPSA) is 56.4 Å². The molecule has 2 aliphatic rings. The molecule has 2 fully saturated rings. The van der Waals surface area contributed by atoms with Crippen LogP contribution >= 0.6 is 0 Å². The second kappa shape index (κ2) is 5.64. The molecular weight excluding hydrogens is 200 g/mol. The van der Waals surface area contributed by atoms with Crippen LogP contribution in [0.3, 0.4) is 0 Å². The Bertz CT molecular complexity index is 231. The highest BCUT2D eigenvalue weighted by Crippen LogP contribution is 2.26. The third-order valence-corrected chi connectivity index (χ3v) is 3.63. The van der Waals surface area contributed by atoms with Crippen LogP contribution in [-0.2, 0) is 0 Å². The van der Waals surface area contributed by atoms with Gasteiger partial charge in [-0.2, -0.15) is 0 Å². The van der Waals surface area contributed by atoms with Crippen LogP contribution in [0, 0.1) is 5.41 Å². The first-order valence-electron chi connectivity index (χ1n) is 6.55. The first-order valence-corrected chi connectivity index (χ1v) is 6.55. The van der Waals surface area contributed by atoms with E-state index < -0.39 is 0 Å². The predicted octanol–water partition coefficient (Wildman–Crippen LogP) is 0.873. The molecular formula is C12H24N4. The first kappa shape index (κ1) is 11.9. The highest BCUT2D eigenvalue weighted by molar-refractivity contribution is 5.76. The molecule has 1 aliphatic heterocycles. The standard InChI is InChI=1S/C12H24N4/c13-12(14)5-8-16(11-3-4-11)10-9-15-6-1-2-7-15/h11H,1-10H2,(H3,13,14). The molecule has 3 N–H and O–H groups in total. The van der Waals surface area contributed by atoms with Crippen molar-refractivity contribution in [1.82, 2.24) is 9.80 Å². The Kier molecular flexibility index (Phi) is 4.18. The summed E-state index contributed by atoms with van der Waals surface area (Å²) in [6, 6.07) is 0.793. The van der Waals surface area contributed by atoms with Gasteiger partial charge in [0.05, 0.1) is 5.84 Å². The molecule has 0 bridgehead atoms. The van der Waals surface area contributed by atoms with Crippen molar-refractivity contribution in [2.24, 2.45) is 5.73 Å². The smallest absolute Gasteiger partial charge is 0.0918 e. The van der Waals surface area contributed by atoms with Gasteiger partial charge in [0.15, 0.2) is 0 Å². The van der Waals surface area contributed by atoms with Crippen molar-refractivity contribution in [3.8, 4) is 0 Å². The molecule has 1 saturated heterocycles. The first-order chi connectivity index (χ1) is 7.75. The molecule has 92 valence electrons. The van der Waals surface area contributed by atoms with Gasteiger partial charge in [-0.15, -0.1) is 0 Å². The van der Waals surface area contributed by atoms with E-state index in [-0.39, 0.29) is 0 Å². The lowest BCUT2D eigenvalue weighted by molar-refractivity contribution is 0.221. The molecule has 2 rings (SSSR count). The normalized spacial score (nSPS) is 21.8. The zero-order valence-electron chi connectivity index (χ0n) is 10.1. The van der Waals surface area contributed by atoms with E-state index in [1.807, 2.05) is 0 Å². The van der Waals surface area contributed by atoms with Gasteiger partial charge in [-0.3, -0.25) is 10.3 Å². The van der Waals surface area contributed by atoms with Crippen molar-refractivity contribution in [3.63, 3.8) is 0 Å². The van der Waals surface area contributed by atoms with Gasteiger partial charge < -0.3 is 10.6 Å². The van der Waals surface area contributed by atoms with Gasteiger partial charge in [0, 0.05) is 32.1 Å². The quantitative estimate of drug-likeness (QED) is 0.498. The second-order valence-electron chi connectivity index (χ2n) is 5.09. The summed E-state index contributed by atoms with van der Waals surface area (Å²) >= 11 is 0. The molecule has 0 atom stereocenters. The van der Waals surface area contributed by atoms with E-state index >= 15 is 0 Å². The minimum absolute atomic E-state index is 0.326. The Balaban J connectivity index is 1.67.